The highest BCUT2D eigenvalue weighted by Crippen LogP contribution is 2.43. The standard InChI is InChI=1S/C20H32N6S/c1-24-19(25-11-6-9-16(21)10-12-25)17(13-23-24)26-14-18(22)27-20(26)15-7-4-2-3-5-8-15/h4,7,13-16,20H,2-3,5-6,8-12,21-22H2,1H3. The first-order chi connectivity index (χ1) is 13.1. The highest BCUT2D eigenvalue weighted by molar-refractivity contribution is 8.04. The van der Waals surface area contributed by atoms with E-state index in [0.29, 0.717) is 17.3 Å². The maximum atomic E-state index is 6.28. The lowest BCUT2D eigenvalue weighted by atomic mass is 10.0. The van der Waals surface area contributed by atoms with Crippen LogP contribution in [0.25, 0.3) is 0 Å². The molecule has 0 bridgehead atoms. The lowest BCUT2D eigenvalue weighted by Crippen LogP contribution is -2.34. The normalized spacial score (nSPS) is 29.6. The van der Waals surface area contributed by atoms with Gasteiger partial charge in [-0.05, 0) is 38.5 Å². The van der Waals surface area contributed by atoms with Crippen molar-refractivity contribution in [1.29, 1.82) is 0 Å². The van der Waals surface area contributed by atoms with Crippen LogP contribution in [0, 0.1) is 5.92 Å². The third-order valence-electron chi connectivity index (χ3n) is 5.94. The molecule has 1 aromatic rings. The molecule has 1 fully saturated rings. The van der Waals surface area contributed by atoms with Crippen LogP contribution in [0.5, 0.6) is 0 Å². The summed E-state index contributed by atoms with van der Waals surface area (Å²) in [6, 6.07) is 0.313. The molecular formula is C20H32N6S. The van der Waals surface area contributed by atoms with Crippen molar-refractivity contribution in [3.63, 3.8) is 0 Å². The van der Waals surface area contributed by atoms with Crippen molar-refractivity contribution in [3.8, 4) is 0 Å². The van der Waals surface area contributed by atoms with E-state index < -0.39 is 0 Å². The SMILES string of the molecule is Cn1ncc(N2C=C(N)SC2C2C=CCCCC2)c1N1CCCC(N)CC1. The van der Waals surface area contributed by atoms with Crippen molar-refractivity contribution in [3.05, 3.63) is 29.6 Å². The zero-order valence-corrected chi connectivity index (χ0v) is 17.1. The van der Waals surface area contributed by atoms with E-state index in [4.69, 9.17) is 11.5 Å². The fraction of sp³-hybridized carbons (Fsp3) is 0.650. The van der Waals surface area contributed by atoms with Crippen molar-refractivity contribution < 1.29 is 0 Å². The molecule has 2 aliphatic heterocycles. The van der Waals surface area contributed by atoms with Gasteiger partial charge in [0.25, 0.3) is 0 Å². The maximum absolute atomic E-state index is 6.28. The average Bonchev–Trinajstić information content (AvgIpc) is 3.00. The van der Waals surface area contributed by atoms with Crippen molar-refractivity contribution >= 4 is 23.3 Å². The Labute approximate surface area is 166 Å². The maximum Gasteiger partial charge on any atom is 0.150 e. The van der Waals surface area contributed by atoms with Gasteiger partial charge in [-0.3, -0.25) is 4.68 Å². The van der Waals surface area contributed by atoms with Crippen LogP contribution in [0.2, 0.25) is 0 Å². The quantitative estimate of drug-likeness (QED) is 0.775. The zero-order chi connectivity index (χ0) is 18.8. The Bertz CT molecular complexity index is 711. The largest absolute Gasteiger partial charge is 0.392 e. The van der Waals surface area contributed by atoms with Gasteiger partial charge in [0.1, 0.15) is 5.69 Å². The number of hydrogen-bond donors (Lipinski definition) is 2. The van der Waals surface area contributed by atoms with Gasteiger partial charge in [0.15, 0.2) is 5.82 Å². The minimum Gasteiger partial charge on any atom is -0.392 e. The van der Waals surface area contributed by atoms with Crippen LogP contribution in [0.15, 0.2) is 29.6 Å². The Kier molecular flexibility index (Phi) is 5.68. The summed E-state index contributed by atoms with van der Waals surface area (Å²) in [6.07, 6.45) is 17.1. The van der Waals surface area contributed by atoms with Gasteiger partial charge in [-0.2, -0.15) is 5.10 Å². The molecule has 1 aromatic heterocycles. The van der Waals surface area contributed by atoms with Crippen molar-refractivity contribution in [2.75, 3.05) is 22.9 Å². The molecule has 1 saturated heterocycles. The topological polar surface area (TPSA) is 76.3 Å². The summed E-state index contributed by atoms with van der Waals surface area (Å²) in [4.78, 5) is 4.83. The first kappa shape index (κ1) is 18.7. The summed E-state index contributed by atoms with van der Waals surface area (Å²) >= 11 is 1.79. The number of thioether (sulfide) groups is 1. The summed E-state index contributed by atoms with van der Waals surface area (Å²) in [5, 5.41) is 5.82. The molecule has 1 aliphatic carbocycles. The van der Waals surface area contributed by atoms with Crippen LogP contribution in [-0.4, -0.2) is 34.3 Å². The number of aromatic nitrogens is 2. The number of nitrogens with zero attached hydrogens (tertiary/aromatic N) is 4. The molecule has 0 spiro atoms. The number of rotatable bonds is 3. The molecule has 4 rings (SSSR count). The Balaban J connectivity index is 1.63. The van der Waals surface area contributed by atoms with Crippen LogP contribution in [0.3, 0.4) is 0 Å². The lowest BCUT2D eigenvalue weighted by Gasteiger charge is -2.32. The van der Waals surface area contributed by atoms with Crippen LogP contribution < -0.4 is 21.3 Å². The van der Waals surface area contributed by atoms with Crippen molar-refractivity contribution in [2.45, 2.75) is 56.4 Å². The van der Waals surface area contributed by atoms with E-state index in [-0.39, 0.29) is 0 Å². The van der Waals surface area contributed by atoms with Gasteiger partial charge in [0.05, 0.1) is 16.6 Å². The van der Waals surface area contributed by atoms with Gasteiger partial charge in [-0.25, -0.2) is 0 Å². The third kappa shape index (κ3) is 3.99. The zero-order valence-electron chi connectivity index (χ0n) is 16.3. The molecule has 0 amide bonds. The summed E-state index contributed by atoms with van der Waals surface area (Å²) in [6.45, 7) is 2.02. The highest BCUT2D eigenvalue weighted by atomic mass is 32.2. The fourth-order valence-corrected chi connectivity index (χ4v) is 5.63. The van der Waals surface area contributed by atoms with Gasteiger partial charge in [-0.1, -0.05) is 30.3 Å². The second kappa shape index (κ2) is 8.19. The first-order valence-electron chi connectivity index (χ1n) is 10.2. The second-order valence-electron chi connectivity index (χ2n) is 7.98. The first-order valence-corrected chi connectivity index (χ1v) is 11.1. The lowest BCUT2D eigenvalue weighted by molar-refractivity contribution is 0.543. The third-order valence-corrected chi connectivity index (χ3v) is 7.14. The van der Waals surface area contributed by atoms with Gasteiger partial charge in [0.2, 0.25) is 0 Å². The minimum absolute atomic E-state index is 0.313. The van der Waals surface area contributed by atoms with E-state index in [1.54, 1.807) is 11.8 Å². The molecule has 148 valence electrons. The van der Waals surface area contributed by atoms with Crippen molar-refractivity contribution in [2.24, 2.45) is 24.4 Å². The number of allylic oxidation sites excluding steroid dienone is 1. The molecule has 7 heteroatoms. The van der Waals surface area contributed by atoms with Crippen LogP contribution in [-0.2, 0) is 7.05 Å². The second-order valence-corrected chi connectivity index (χ2v) is 9.17. The Morgan fingerprint density at radius 2 is 2.04 bits per heavy atom. The molecule has 27 heavy (non-hydrogen) atoms. The Hall–Kier alpha value is -1.60. The molecular weight excluding hydrogens is 356 g/mol. The summed E-state index contributed by atoms with van der Waals surface area (Å²) < 4.78 is 2.01. The van der Waals surface area contributed by atoms with Gasteiger partial charge in [0, 0.05) is 38.3 Å². The molecule has 6 nitrogen and oxygen atoms in total. The van der Waals surface area contributed by atoms with Crippen molar-refractivity contribution in [1.82, 2.24) is 9.78 Å². The average molecular weight is 389 g/mol. The van der Waals surface area contributed by atoms with E-state index in [9.17, 15) is 0 Å². The molecule has 3 heterocycles. The van der Waals surface area contributed by atoms with Crippen LogP contribution in [0.4, 0.5) is 11.5 Å². The molecule has 3 unspecified atom stereocenters. The number of aryl methyl sites for hydroxylation is 1. The number of hydrogen-bond acceptors (Lipinski definition) is 6. The van der Waals surface area contributed by atoms with Gasteiger partial charge in [-0.15, -0.1) is 0 Å². The summed E-state index contributed by atoms with van der Waals surface area (Å²) in [5.41, 5.74) is 13.7. The Morgan fingerprint density at radius 1 is 1.15 bits per heavy atom. The molecule has 3 atom stereocenters. The highest BCUT2D eigenvalue weighted by Gasteiger charge is 2.35. The smallest absolute Gasteiger partial charge is 0.150 e. The summed E-state index contributed by atoms with van der Waals surface area (Å²) in [5.74, 6) is 1.71. The molecule has 0 radical (unpaired) electrons. The molecule has 0 saturated carbocycles. The van der Waals surface area contributed by atoms with Gasteiger partial charge >= 0.3 is 0 Å². The molecule has 3 aliphatic rings. The van der Waals surface area contributed by atoms with E-state index in [2.05, 4.69) is 33.3 Å². The van der Waals surface area contributed by atoms with E-state index in [1.165, 1.54) is 37.2 Å². The number of nitrogens with two attached hydrogens (primary N) is 2. The molecule has 0 aromatic carbocycles. The van der Waals surface area contributed by atoms with E-state index in [1.807, 2.05) is 17.9 Å². The Morgan fingerprint density at radius 3 is 2.93 bits per heavy atom. The van der Waals surface area contributed by atoms with E-state index >= 15 is 0 Å². The number of anilines is 2. The predicted octanol–water partition coefficient (Wildman–Crippen LogP) is 3.12. The van der Waals surface area contributed by atoms with Crippen LogP contribution >= 0.6 is 11.8 Å². The van der Waals surface area contributed by atoms with E-state index in [0.717, 1.165) is 37.4 Å². The van der Waals surface area contributed by atoms with Gasteiger partial charge < -0.3 is 21.3 Å². The van der Waals surface area contributed by atoms with Crippen LogP contribution in [0.1, 0.15) is 44.9 Å². The summed E-state index contributed by atoms with van der Waals surface area (Å²) in [7, 11) is 2.04. The minimum atomic E-state index is 0.313. The predicted molar refractivity (Wildman–Crippen MR) is 114 cm³/mol. The fourth-order valence-electron chi connectivity index (χ4n) is 4.49. The monoisotopic (exact) mass is 388 g/mol. The molecule has 4 N–H and O–H groups in total.